The van der Waals surface area contributed by atoms with Gasteiger partial charge in [0.2, 0.25) is 0 Å². The van der Waals surface area contributed by atoms with Crippen molar-refractivity contribution in [2.45, 2.75) is 19.6 Å². The molecule has 0 fully saturated rings. The Morgan fingerprint density at radius 1 is 1.59 bits per heavy atom. The number of hydrogen-bond donors (Lipinski definition) is 0. The summed E-state index contributed by atoms with van der Waals surface area (Å²) in [4.78, 5) is 20.5. The number of aromatic nitrogens is 2. The minimum atomic E-state index is -0.526. The molecule has 0 saturated carbocycles. The predicted octanol–water partition coefficient (Wildman–Crippen LogP) is 3.44. The van der Waals surface area contributed by atoms with Crippen LogP contribution in [0.15, 0.2) is 17.6 Å². The molecule has 22 heavy (non-hydrogen) atoms. The van der Waals surface area contributed by atoms with Gasteiger partial charge in [-0.25, -0.2) is 9.97 Å². The maximum Gasteiger partial charge on any atom is 0.289 e. The first-order chi connectivity index (χ1) is 10.4. The number of halogens is 1. The molecule has 2 heterocycles. The van der Waals surface area contributed by atoms with Gasteiger partial charge in [-0.2, -0.15) is 0 Å². The first kappa shape index (κ1) is 16.6. The molecule has 0 radical (unpaired) electrons. The van der Waals surface area contributed by atoms with Crippen LogP contribution in [0.25, 0.3) is 0 Å². The van der Waals surface area contributed by atoms with E-state index in [2.05, 4.69) is 9.97 Å². The fourth-order valence-corrected chi connectivity index (χ4v) is 2.95. The molecule has 0 spiro atoms. The molecule has 9 heteroatoms. The molecule has 0 bridgehead atoms. The van der Waals surface area contributed by atoms with Crippen LogP contribution < -0.4 is 4.90 Å². The van der Waals surface area contributed by atoms with Crippen LogP contribution in [0.2, 0.25) is 5.02 Å². The highest BCUT2D eigenvalue weighted by Crippen LogP contribution is 2.28. The van der Waals surface area contributed by atoms with Crippen LogP contribution in [0.3, 0.4) is 0 Å². The number of nitrogens with zero attached hydrogens (tertiary/aromatic N) is 4. The minimum Gasteiger partial charge on any atom is -0.375 e. The number of thiazole rings is 1. The number of rotatable bonds is 6. The van der Waals surface area contributed by atoms with E-state index >= 15 is 0 Å². The van der Waals surface area contributed by atoms with E-state index < -0.39 is 4.92 Å². The largest absolute Gasteiger partial charge is 0.375 e. The second-order valence-corrected chi connectivity index (χ2v) is 5.96. The molecule has 118 valence electrons. The number of anilines is 1. The van der Waals surface area contributed by atoms with E-state index in [1.165, 1.54) is 23.6 Å². The van der Waals surface area contributed by atoms with Gasteiger partial charge >= 0.3 is 0 Å². The molecule has 0 amide bonds. The average molecular weight is 343 g/mol. The van der Waals surface area contributed by atoms with Crippen molar-refractivity contribution in [3.63, 3.8) is 0 Å². The molecule has 0 aliphatic heterocycles. The summed E-state index contributed by atoms with van der Waals surface area (Å²) >= 11 is 7.59. The minimum absolute atomic E-state index is 0.0508. The molecule has 0 aromatic carbocycles. The van der Waals surface area contributed by atoms with Gasteiger partial charge in [0.1, 0.15) is 23.1 Å². The van der Waals surface area contributed by atoms with E-state index in [0.29, 0.717) is 12.4 Å². The lowest BCUT2D eigenvalue weighted by Crippen LogP contribution is -2.18. The van der Waals surface area contributed by atoms with Crippen molar-refractivity contribution in [1.82, 2.24) is 9.97 Å². The van der Waals surface area contributed by atoms with Crippen LogP contribution in [0.4, 0.5) is 11.5 Å². The summed E-state index contributed by atoms with van der Waals surface area (Å²) in [5, 5.41) is 13.8. The Bertz CT molecular complexity index is 679. The Labute approximate surface area is 136 Å². The Morgan fingerprint density at radius 3 is 2.91 bits per heavy atom. The molecule has 1 unspecified atom stereocenters. The SMILES string of the molecule is COC(C)c1nc(CN(C)c2ncc([N+](=O)[O-])cc2Cl)cs1. The maximum atomic E-state index is 10.7. The zero-order valence-corrected chi connectivity index (χ0v) is 13.9. The van der Waals surface area contributed by atoms with Crippen molar-refractivity contribution >= 4 is 34.4 Å². The Kier molecular flexibility index (Phi) is 5.28. The average Bonchev–Trinajstić information content (AvgIpc) is 2.94. The number of ether oxygens (including phenoxy) is 1. The van der Waals surface area contributed by atoms with E-state index in [-0.39, 0.29) is 16.8 Å². The zero-order chi connectivity index (χ0) is 16.3. The lowest BCUT2D eigenvalue weighted by molar-refractivity contribution is -0.385. The van der Waals surface area contributed by atoms with Gasteiger partial charge in [-0.1, -0.05) is 11.6 Å². The van der Waals surface area contributed by atoms with Crippen molar-refractivity contribution in [1.29, 1.82) is 0 Å². The van der Waals surface area contributed by atoms with Gasteiger partial charge in [0, 0.05) is 25.6 Å². The number of methoxy groups -OCH3 is 1. The van der Waals surface area contributed by atoms with Crippen LogP contribution in [0.1, 0.15) is 23.7 Å². The lowest BCUT2D eigenvalue weighted by atomic mass is 10.3. The van der Waals surface area contributed by atoms with Crippen molar-refractivity contribution < 1.29 is 9.66 Å². The van der Waals surface area contributed by atoms with Crippen molar-refractivity contribution in [2.24, 2.45) is 0 Å². The van der Waals surface area contributed by atoms with Crippen molar-refractivity contribution in [3.05, 3.63) is 43.5 Å². The lowest BCUT2D eigenvalue weighted by Gasteiger charge is -2.17. The zero-order valence-electron chi connectivity index (χ0n) is 12.3. The molecule has 1 atom stereocenters. The number of nitro groups is 1. The highest BCUT2D eigenvalue weighted by atomic mass is 35.5. The molecular weight excluding hydrogens is 328 g/mol. The van der Waals surface area contributed by atoms with Gasteiger partial charge < -0.3 is 9.64 Å². The molecule has 7 nitrogen and oxygen atoms in total. The number of pyridine rings is 1. The summed E-state index contributed by atoms with van der Waals surface area (Å²) in [6.45, 7) is 2.43. The third-order valence-corrected chi connectivity index (χ3v) is 4.38. The quantitative estimate of drug-likeness (QED) is 0.590. The fourth-order valence-electron chi connectivity index (χ4n) is 1.80. The highest BCUT2D eigenvalue weighted by molar-refractivity contribution is 7.09. The van der Waals surface area contributed by atoms with Crippen LogP contribution in [-0.4, -0.2) is 29.0 Å². The predicted molar refractivity (Wildman–Crippen MR) is 85.5 cm³/mol. The van der Waals surface area contributed by atoms with E-state index in [1.807, 2.05) is 12.3 Å². The van der Waals surface area contributed by atoms with E-state index in [4.69, 9.17) is 16.3 Å². The molecule has 2 rings (SSSR count). The molecule has 0 saturated heterocycles. The van der Waals surface area contributed by atoms with Gasteiger partial charge in [0.25, 0.3) is 5.69 Å². The standard InChI is InChI=1S/C13H15ClN4O3S/c1-8(21-3)13-16-9(7-22-13)6-17(2)12-11(14)4-10(5-15-12)18(19)20/h4-5,7-8H,6H2,1-3H3. The van der Waals surface area contributed by atoms with Gasteiger partial charge in [-0.05, 0) is 6.92 Å². The molecule has 0 aliphatic carbocycles. The summed E-state index contributed by atoms with van der Waals surface area (Å²) in [7, 11) is 3.44. The summed E-state index contributed by atoms with van der Waals surface area (Å²) in [6.07, 6.45) is 1.14. The van der Waals surface area contributed by atoms with Gasteiger partial charge in [0.15, 0.2) is 0 Å². The molecule has 0 N–H and O–H groups in total. The summed E-state index contributed by atoms with van der Waals surface area (Å²) in [6, 6.07) is 1.29. The van der Waals surface area contributed by atoms with Crippen LogP contribution in [-0.2, 0) is 11.3 Å². The maximum absolute atomic E-state index is 10.7. The molecular formula is C13H15ClN4O3S. The second kappa shape index (κ2) is 6.99. The third kappa shape index (κ3) is 3.70. The normalized spacial score (nSPS) is 12.2. The smallest absolute Gasteiger partial charge is 0.289 e. The second-order valence-electron chi connectivity index (χ2n) is 4.67. The van der Waals surface area contributed by atoms with Crippen LogP contribution in [0.5, 0.6) is 0 Å². The van der Waals surface area contributed by atoms with Crippen LogP contribution in [0, 0.1) is 10.1 Å². The number of hydrogen-bond acceptors (Lipinski definition) is 7. The van der Waals surface area contributed by atoms with Gasteiger partial charge in [-0.3, -0.25) is 10.1 Å². The highest BCUT2D eigenvalue weighted by Gasteiger charge is 2.16. The Balaban J connectivity index is 2.13. The third-order valence-electron chi connectivity index (χ3n) is 3.05. The van der Waals surface area contributed by atoms with Gasteiger partial charge in [0.05, 0.1) is 22.2 Å². The summed E-state index contributed by atoms with van der Waals surface area (Å²) < 4.78 is 5.23. The Hall–Kier alpha value is -1.77. The first-order valence-electron chi connectivity index (χ1n) is 6.40. The molecule has 2 aromatic heterocycles. The summed E-state index contributed by atoms with van der Waals surface area (Å²) in [5.41, 5.74) is 0.731. The molecule has 0 aliphatic rings. The van der Waals surface area contributed by atoms with Crippen LogP contribution >= 0.6 is 22.9 Å². The summed E-state index contributed by atoms with van der Waals surface area (Å²) in [5.74, 6) is 0.474. The first-order valence-corrected chi connectivity index (χ1v) is 7.66. The molecule has 2 aromatic rings. The van der Waals surface area contributed by atoms with Crippen molar-refractivity contribution in [2.75, 3.05) is 19.1 Å². The Morgan fingerprint density at radius 2 is 2.32 bits per heavy atom. The van der Waals surface area contributed by atoms with E-state index in [1.54, 1.807) is 19.1 Å². The fraction of sp³-hybridized carbons (Fsp3) is 0.385. The van der Waals surface area contributed by atoms with E-state index in [0.717, 1.165) is 10.7 Å². The van der Waals surface area contributed by atoms with Crippen molar-refractivity contribution in [3.8, 4) is 0 Å². The van der Waals surface area contributed by atoms with E-state index in [9.17, 15) is 10.1 Å². The van der Waals surface area contributed by atoms with Gasteiger partial charge in [-0.15, -0.1) is 11.3 Å². The topological polar surface area (TPSA) is 81.4 Å². The monoisotopic (exact) mass is 342 g/mol.